The van der Waals surface area contributed by atoms with Crippen molar-refractivity contribution in [2.24, 2.45) is 0 Å². The number of carbonyl (C=O) groups is 1. The fourth-order valence-electron chi connectivity index (χ4n) is 2.18. The molecule has 0 unspecified atom stereocenters. The molecule has 1 aromatic heterocycles. The summed E-state index contributed by atoms with van der Waals surface area (Å²) < 4.78 is 54.4. The molecule has 0 aliphatic rings. The average Bonchev–Trinajstić information content (AvgIpc) is 2.42. The standard InChI is InChI=1S/C17H26F3N3O3S/c1-10(22-27(26)16(5,6)7)11-8-12(17(18,19)20)21-13(9-11)23(14(24)25)15(2,3)4/h8-10,22H,1-7H3,(H,24,25)/t10-,27+/m0/s1. The zero-order chi connectivity index (χ0) is 21.4. The number of amides is 1. The minimum Gasteiger partial charge on any atom is -0.598 e. The summed E-state index contributed by atoms with van der Waals surface area (Å²) in [6, 6.07) is 1.39. The second-order valence-electron chi connectivity index (χ2n) is 8.15. The molecule has 2 N–H and O–H groups in total. The maximum atomic E-state index is 13.3. The van der Waals surface area contributed by atoms with Crippen molar-refractivity contribution < 1.29 is 27.6 Å². The molecule has 0 saturated carbocycles. The highest BCUT2D eigenvalue weighted by atomic mass is 32.2. The highest BCUT2D eigenvalue weighted by Crippen LogP contribution is 2.34. The molecule has 6 nitrogen and oxygen atoms in total. The summed E-state index contributed by atoms with van der Waals surface area (Å²) in [5.41, 5.74) is -2.08. The van der Waals surface area contributed by atoms with E-state index in [1.165, 1.54) is 6.07 Å². The molecule has 1 aromatic rings. The number of carboxylic acid groups (broad SMARTS) is 1. The van der Waals surface area contributed by atoms with Crippen molar-refractivity contribution in [2.45, 2.75) is 71.0 Å². The predicted octanol–water partition coefficient (Wildman–Crippen LogP) is 4.50. The van der Waals surface area contributed by atoms with E-state index in [1.807, 2.05) is 0 Å². The summed E-state index contributed by atoms with van der Waals surface area (Å²) in [7, 11) is 0. The Bertz CT molecular complexity index is 685. The van der Waals surface area contributed by atoms with E-state index < -0.39 is 45.7 Å². The van der Waals surface area contributed by atoms with E-state index >= 15 is 0 Å². The lowest BCUT2D eigenvalue weighted by atomic mass is 10.0. The van der Waals surface area contributed by atoms with Crippen LogP contribution in [0.4, 0.5) is 23.8 Å². The van der Waals surface area contributed by atoms with E-state index in [0.717, 1.165) is 11.0 Å². The first-order valence-electron chi connectivity index (χ1n) is 8.25. The van der Waals surface area contributed by atoms with Gasteiger partial charge in [-0.15, -0.1) is 4.72 Å². The zero-order valence-electron chi connectivity index (χ0n) is 16.4. The molecular formula is C17H26F3N3O3S. The van der Waals surface area contributed by atoms with Gasteiger partial charge in [0.25, 0.3) is 0 Å². The highest BCUT2D eigenvalue weighted by molar-refractivity contribution is 7.90. The summed E-state index contributed by atoms with van der Waals surface area (Å²) in [6.07, 6.45) is -6.17. The van der Waals surface area contributed by atoms with Crippen LogP contribution in [0.1, 0.15) is 65.8 Å². The second kappa shape index (κ2) is 7.84. The van der Waals surface area contributed by atoms with Crippen LogP contribution < -0.4 is 9.62 Å². The van der Waals surface area contributed by atoms with Crippen molar-refractivity contribution in [3.05, 3.63) is 23.4 Å². The van der Waals surface area contributed by atoms with Gasteiger partial charge in [0.15, 0.2) is 0 Å². The van der Waals surface area contributed by atoms with Crippen molar-refractivity contribution in [1.29, 1.82) is 0 Å². The normalized spacial score (nSPS) is 15.4. The van der Waals surface area contributed by atoms with Gasteiger partial charge in [-0.1, -0.05) is 0 Å². The van der Waals surface area contributed by atoms with Crippen molar-refractivity contribution >= 4 is 23.3 Å². The van der Waals surface area contributed by atoms with E-state index in [-0.39, 0.29) is 11.4 Å². The molecule has 1 heterocycles. The van der Waals surface area contributed by atoms with Crippen LogP contribution in [-0.4, -0.2) is 31.0 Å². The number of hydrogen-bond donors (Lipinski definition) is 2. The van der Waals surface area contributed by atoms with Crippen LogP contribution in [0.5, 0.6) is 0 Å². The molecule has 0 aromatic carbocycles. The van der Waals surface area contributed by atoms with Crippen molar-refractivity contribution in [1.82, 2.24) is 9.71 Å². The van der Waals surface area contributed by atoms with Crippen LogP contribution in [0, 0.1) is 0 Å². The maximum Gasteiger partial charge on any atom is 0.433 e. The Morgan fingerprint density at radius 2 is 1.74 bits per heavy atom. The van der Waals surface area contributed by atoms with Gasteiger partial charge in [0.05, 0.1) is 6.04 Å². The molecule has 0 spiro atoms. The van der Waals surface area contributed by atoms with Gasteiger partial charge in [0.1, 0.15) is 16.3 Å². The molecule has 2 atom stereocenters. The Labute approximate surface area is 160 Å². The number of pyridine rings is 1. The van der Waals surface area contributed by atoms with Gasteiger partial charge >= 0.3 is 12.3 Å². The Hall–Kier alpha value is -1.52. The predicted molar refractivity (Wildman–Crippen MR) is 98.9 cm³/mol. The van der Waals surface area contributed by atoms with Gasteiger partial charge in [-0.25, -0.2) is 9.78 Å². The van der Waals surface area contributed by atoms with Crippen molar-refractivity contribution in [3.8, 4) is 0 Å². The van der Waals surface area contributed by atoms with Crippen molar-refractivity contribution in [2.75, 3.05) is 4.90 Å². The molecule has 154 valence electrons. The quantitative estimate of drug-likeness (QED) is 0.715. The van der Waals surface area contributed by atoms with Crippen LogP contribution in [-0.2, 0) is 17.5 Å². The number of anilines is 1. The highest BCUT2D eigenvalue weighted by Gasteiger charge is 2.37. The van der Waals surface area contributed by atoms with Gasteiger partial charge in [-0.2, -0.15) is 13.2 Å². The Morgan fingerprint density at radius 3 is 2.11 bits per heavy atom. The molecule has 1 rings (SSSR count). The number of hydrogen-bond acceptors (Lipinski definition) is 4. The lowest BCUT2D eigenvalue weighted by Gasteiger charge is -2.33. The Kier molecular flexibility index (Phi) is 6.83. The van der Waals surface area contributed by atoms with E-state index in [0.29, 0.717) is 0 Å². The summed E-state index contributed by atoms with van der Waals surface area (Å²) in [5.74, 6) is -0.338. The van der Waals surface area contributed by atoms with E-state index in [4.69, 9.17) is 0 Å². The molecule has 1 amide bonds. The number of aromatic nitrogens is 1. The molecule has 0 radical (unpaired) electrons. The summed E-state index contributed by atoms with van der Waals surface area (Å²) in [6.45, 7) is 11.4. The third kappa shape index (κ3) is 6.25. The van der Waals surface area contributed by atoms with E-state index in [9.17, 15) is 27.6 Å². The average molecular weight is 409 g/mol. The maximum absolute atomic E-state index is 13.3. The van der Waals surface area contributed by atoms with E-state index in [1.54, 1.807) is 48.5 Å². The van der Waals surface area contributed by atoms with Crippen LogP contribution in [0.3, 0.4) is 0 Å². The molecule has 0 aliphatic heterocycles. The lowest BCUT2D eigenvalue weighted by molar-refractivity contribution is -0.141. The van der Waals surface area contributed by atoms with Crippen LogP contribution in [0.25, 0.3) is 0 Å². The van der Waals surface area contributed by atoms with Crippen LogP contribution >= 0.6 is 0 Å². The first kappa shape index (κ1) is 23.5. The van der Waals surface area contributed by atoms with Crippen LogP contribution in [0.2, 0.25) is 0 Å². The van der Waals surface area contributed by atoms with Gasteiger partial charge < -0.3 is 9.66 Å². The molecule has 10 heteroatoms. The monoisotopic (exact) mass is 409 g/mol. The number of alkyl halides is 3. The third-order valence-electron chi connectivity index (χ3n) is 3.56. The lowest BCUT2D eigenvalue weighted by Crippen LogP contribution is -2.46. The number of halogens is 3. The van der Waals surface area contributed by atoms with Gasteiger partial charge in [-0.05, 0) is 66.2 Å². The minimum absolute atomic E-state index is 0.139. The Balaban J connectivity index is 3.47. The molecule has 0 saturated heterocycles. The zero-order valence-corrected chi connectivity index (χ0v) is 17.2. The first-order chi connectivity index (χ1) is 11.9. The number of rotatable bonds is 4. The second-order valence-corrected chi connectivity index (χ2v) is 10.1. The summed E-state index contributed by atoms with van der Waals surface area (Å²) >= 11 is -1.52. The fraction of sp³-hybridized carbons (Fsp3) is 0.647. The van der Waals surface area contributed by atoms with Gasteiger partial charge in [-0.3, -0.25) is 4.90 Å². The molecule has 0 bridgehead atoms. The van der Waals surface area contributed by atoms with Gasteiger partial charge in [0, 0.05) is 16.9 Å². The SMILES string of the molecule is C[C@H](N[S@+]([O-])C(C)(C)C)c1cc(N(C(=O)O)C(C)(C)C)nc(C(F)(F)F)c1. The summed E-state index contributed by atoms with van der Waals surface area (Å²) in [4.78, 5) is 15.9. The Morgan fingerprint density at radius 1 is 1.22 bits per heavy atom. The number of nitrogens with zero attached hydrogens (tertiary/aromatic N) is 2. The summed E-state index contributed by atoms with van der Waals surface area (Å²) in [5, 5.41) is 9.48. The number of nitrogens with one attached hydrogen (secondary N) is 1. The topological polar surface area (TPSA) is 88.5 Å². The molecule has 0 fully saturated rings. The molecule has 27 heavy (non-hydrogen) atoms. The van der Waals surface area contributed by atoms with Gasteiger partial charge in [0.2, 0.25) is 0 Å². The minimum atomic E-state index is -4.75. The van der Waals surface area contributed by atoms with E-state index in [2.05, 4.69) is 9.71 Å². The molecule has 0 aliphatic carbocycles. The first-order valence-corrected chi connectivity index (χ1v) is 9.40. The van der Waals surface area contributed by atoms with Crippen molar-refractivity contribution in [3.63, 3.8) is 0 Å². The third-order valence-corrected chi connectivity index (χ3v) is 5.24. The van der Waals surface area contributed by atoms with Crippen LogP contribution in [0.15, 0.2) is 12.1 Å². The smallest absolute Gasteiger partial charge is 0.433 e. The molecular weight excluding hydrogens is 383 g/mol. The largest absolute Gasteiger partial charge is 0.598 e. The fourth-order valence-corrected chi connectivity index (χ4v) is 2.99.